The van der Waals surface area contributed by atoms with Crippen LogP contribution in [0.2, 0.25) is 0 Å². The maximum absolute atomic E-state index is 12.2. The summed E-state index contributed by atoms with van der Waals surface area (Å²) in [5.74, 6) is 0.432. The molecule has 1 N–H and O–H groups in total. The second kappa shape index (κ2) is 5.70. The molecule has 0 saturated heterocycles. The maximum Gasteiger partial charge on any atom is 0.276 e. The molecule has 0 aliphatic rings. The third kappa shape index (κ3) is 3.07. The molecule has 3 aromatic rings. The number of hydrogen-bond acceptors (Lipinski definition) is 5. The van der Waals surface area contributed by atoms with E-state index in [2.05, 4.69) is 31.3 Å². The number of halogens is 1. The van der Waals surface area contributed by atoms with Crippen LogP contribution in [0.4, 0.5) is 5.82 Å². The minimum absolute atomic E-state index is 0.226. The summed E-state index contributed by atoms with van der Waals surface area (Å²) in [6, 6.07) is 3.82. The van der Waals surface area contributed by atoms with Crippen molar-refractivity contribution in [1.82, 2.24) is 14.8 Å². The van der Waals surface area contributed by atoms with Gasteiger partial charge >= 0.3 is 0 Å². The molecule has 3 rings (SSSR count). The molecule has 5 nitrogen and oxygen atoms in total. The summed E-state index contributed by atoms with van der Waals surface area (Å²) in [5.41, 5.74) is 1.27. The smallest absolute Gasteiger partial charge is 0.276 e. The molecule has 0 unspecified atom stereocenters. The quantitative estimate of drug-likeness (QED) is 0.746. The van der Waals surface area contributed by atoms with Crippen LogP contribution in [0.1, 0.15) is 16.2 Å². The first-order valence-corrected chi connectivity index (χ1v) is 8.60. The number of nitrogens with zero attached hydrogens (tertiary/aromatic N) is 3. The van der Waals surface area contributed by atoms with E-state index in [1.807, 2.05) is 24.4 Å². The number of thiophene rings is 1. The third-order valence-electron chi connectivity index (χ3n) is 2.76. The normalized spacial score (nSPS) is 10.8. The van der Waals surface area contributed by atoms with E-state index in [1.54, 1.807) is 28.4 Å². The number of nitrogens with one attached hydrogen (secondary N) is 1. The van der Waals surface area contributed by atoms with Crippen molar-refractivity contribution in [3.8, 4) is 9.88 Å². The maximum atomic E-state index is 12.2. The Morgan fingerprint density at radius 2 is 2.14 bits per heavy atom. The lowest BCUT2D eigenvalue weighted by Crippen LogP contribution is -2.14. The lowest BCUT2D eigenvalue weighted by Gasteiger charge is -2.02. The van der Waals surface area contributed by atoms with Gasteiger partial charge in [-0.05, 0) is 28.9 Å². The van der Waals surface area contributed by atoms with E-state index in [-0.39, 0.29) is 5.91 Å². The fourth-order valence-corrected chi connectivity index (χ4v) is 4.13. The average Bonchev–Trinajstić information content (AvgIpc) is 3.11. The van der Waals surface area contributed by atoms with E-state index >= 15 is 0 Å². The fourth-order valence-electron chi connectivity index (χ4n) is 1.82. The van der Waals surface area contributed by atoms with Gasteiger partial charge < -0.3 is 5.32 Å². The van der Waals surface area contributed by atoms with Gasteiger partial charge in [-0.1, -0.05) is 0 Å². The zero-order valence-electron chi connectivity index (χ0n) is 11.3. The highest BCUT2D eigenvalue weighted by atomic mass is 79.9. The van der Waals surface area contributed by atoms with Crippen molar-refractivity contribution in [2.45, 2.75) is 6.92 Å². The predicted octanol–water partition coefficient (Wildman–Crippen LogP) is 3.93. The Morgan fingerprint density at radius 1 is 1.33 bits per heavy atom. The Bertz CT molecular complexity index is 805. The van der Waals surface area contributed by atoms with Gasteiger partial charge in [-0.25, -0.2) is 4.98 Å². The van der Waals surface area contributed by atoms with Crippen LogP contribution in [0.3, 0.4) is 0 Å². The van der Waals surface area contributed by atoms with Gasteiger partial charge in [0.1, 0.15) is 16.5 Å². The lowest BCUT2D eigenvalue weighted by molar-refractivity contribution is 0.102. The number of carbonyl (C=O) groups excluding carboxylic acids is 1. The first-order valence-electron chi connectivity index (χ1n) is 6.05. The molecule has 0 aliphatic carbocycles. The summed E-state index contributed by atoms with van der Waals surface area (Å²) in [4.78, 5) is 17.6. The topological polar surface area (TPSA) is 59.8 Å². The van der Waals surface area contributed by atoms with Crippen molar-refractivity contribution in [2.75, 3.05) is 5.32 Å². The van der Waals surface area contributed by atoms with Crippen molar-refractivity contribution in [3.05, 3.63) is 38.8 Å². The summed E-state index contributed by atoms with van der Waals surface area (Å²) in [7, 11) is 1.79. The van der Waals surface area contributed by atoms with Gasteiger partial charge in [0.15, 0.2) is 0 Å². The molecule has 21 heavy (non-hydrogen) atoms. The first kappa shape index (κ1) is 14.4. The van der Waals surface area contributed by atoms with Crippen molar-refractivity contribution in [3.63, 3.8) is 0 Å². The minimum Gasteiger partial charge on any atom is -0.305 e. The summed E-state index contributed by atoms with van der Waals surface area (Å²) in [5, 5.41) is 11.6. The number of thiazole rings is 1. The second-order valence-corrected chi connectivity index (χ2v) is 7.10. The molecule has 0 bridgehead atoms. The molecular formula is C13H11BrN4OS2. The molecule has 0 radical (unpaired) electrons. The van der Waals surface area contributed by atoms with Crippen LogP contribution >= 0.6 is 38.6 Å². The average molecular weight is 383 g/mol. The molecule has 1 amide bonds. The van der Waals surface area contributed by atoms with Crippen molar-refractivity contribution < 1.29 is 4.79 Å². The first-order chi connectivity index (χ1) is 10.0. The van der Waals surface area contributed by atoms with Crippen LogP contribution in [-0.2, 0) is 7.05 Å². The molecule has 0 atom stereocenters. The van der Waals surface area contributed by atoms with Crippen LogP contribution in [0.25, 0.3) is 9.88 Å². The van der Waals surface area contributed by atoms with Crippen molar-refractivity contribution in [2.24, 2.45) is 7.05 Å². The SMILES string of the molecule is Cc1cc(NC(=O)c2csc(-c3cc(Br)cs3)n2)n(C)n1. The zero-order chi connectivity index (χ0) is 15.0. The second-order valence-electron chi connectivity index (χ2n) is 4.42. The number of rotatable bonds is 3. The van der Waals surface area contributed by atoms with Gasteiger partial charge in [0.05, 0.1) is 10.6 Å². The van der Waals surface area contributed by atoms with E-state index in [1.165, 1.54) is 11.3 Å². The lowest BCUT2D eigenvalue weighted by atomic mass is 10.4. The molecule has 0 saturated carbocycles. The van der Waals surface area contributed by atoms with Crippen molar-refractivity contribution >= 4 is 50.3 Å². The molecular weight excluding hydrogens is 372 g/mol. The van der Waals surface area contributed by atoms with Gasteiger partial charge in [0.25, 0.3) is 5.91 Å². The van der Waals surface area contributed by atoms with Gasteiger partial charge in [-0.3, -0.25) is 9.48 Å². The number of hydrogen-bond donors (Lipinski definition) is 1. The van der Waals surface area contributed by atoms with E-state index in [0.29, 0.717) is 11.5 Å². The molecule has 3 heterocycles. The predicted molar refractivity (Wildman–Crippen MR) is 89.0 cm³/mol. The molecule has 0 spiro atoms. The Labute approximate surface area is 137 Å². The number of amides is 1. The van der Waals surface area contributed by atoms with Gasteiger partial charge in [0.2, 0.25) is 0 Å². The van der Waals surface area contributed by atoms with E-state index in [9.17, 15) is 4.79 Å². The Kier molecular flexibility index (Phi) is 3.92. The largest absolute Gasteiger partial charge is 0.305 e. The van der Waals surface area contributed by atoms with Crippen LogP contribution in [-0.4, -0.2) is 20.7 Å². The number of carbonyl (C=O) groups is 1. The standard InChI is InChI=1S/C13H11BrN4OS2/c1-7-3-11(18(2)17-7)16-12(19)9-6-21-13(15-9)10-4-8(14)5-20-10/h3-6H,1-2H3,(H,16,19). The van der Waals surface area contributed by atoms with E-state index in [4.69, 9.17) is 0 Å². The molecule has 0 fully saturated rings. The van der Waals surface area contributed by atoms with Gasteiger partial charge in [0, 0.05) is 28.3 Å². The van der Waals surface area contributed by atoms with Crippen LogP contribution in [0.15, 0.2) is 27.4 Å². The Morgan fingerprint density at radius 3 is 2.76 bits per heavy atom. The molecule has 0 aliphatic heterocycles. The fraction of sp³-hybridized carbons (Fsp3) is 0.154. The van der Waals surface area contributed by atoms with Crippen LogP contribution < -0.4 is 5.32 Å². The van der Waals surface area contributed by atoms with Crippen LogP contribution in [0, 0.1) is 6.92 Å². The molecule has 8 heteroatoms. The Hall–Kier alpha value is -1.51. The zero-order valence-corrected chi connectivity index (χ0v) is 14.5. The number of aromatic nitrogens is 3. The summed E-state index contributed by atoms with van der Waals surface area (Å²) >= 11 is 6.47. The molecule has 3 aromatic heterocycles. The third-order valence-corrected chi connectivity index (χ3v) is 5.46. The van der Waals surface area contributed by atoms with Gasteiger partial charge in [-0.15, -0.1) is 22.7 Å². The minimum atomic E-state index is -0.226. The highest BCUT2D eigenvalue weighted by Crippen LogP contribution is 2.32. The monoisotopic (exact) mass is 382 g/mol. The van der Waals surface area contributed by atoms with Crippen LogP contribution in [0.5, 0.6) is 0 Å². The summed E-state index contributed by atoms with van der Waals surface area (Å²) in [6.45, 7) is 1.88. The van der Waals surface area contributed by atoms with Gasteiger partial charge in [-0.2, -0.15) is 5.10 Å². The molecule has 0 aromatic carbocycles. The van der Waals surface area contributed by atoms with E-state index in [0.717, 1.165) is 20.1 Å². The number of anilines is 1. The van der Waals surface area contributed by atoms with E-state index < -0.39 is 0 Å². The molecule has 108 valence electrons. The number of aryl methyl sites for hydroxylation is 2. The highest BCUT2D eigenvalue weighted by Gasteiger charge is 2.14. The van der Waals surface area contributed by atoms with Crippen molar-refractivity contribution in [1.29, 1.82) is 0 Å². The Balaban J connectivity index is 1.80. The summed E-state index contributed by atoms with van der Waals surface area (Å²) in [6.07, 6.45) is 0. The highest BCUT2D eigenvalue weighted by molar-refractivity contribution is 9.10. The summed E-state index contributed by atoms with van der Waals surface area (Å²) < 4.78 is 2.66.